The fraction of sp³-hybridized carbons (Fsp3) is 0.417. The van der Waals surface area contributed by atoms with Crippen LogP contribution in [0, 0.1) is 0 Å². The number of amides is 1. The highest BCUT2D eigenvalue weighted by molar-refractivity contribution is 5.85. The Hall–Kier alpha value is -1.95. The highest BCUT2D eigenvalue weighted by Gasteiger charge is 2.04. The molecule has 0 saturated heterocycles. The summed E-state index contributed by atoms with van der Waals surface area (Å²) in [4.78, 5) is 25.2. The molecule has 0 bridgehead atoms. The maximum absolute atomic E-state index is 10.7. The topological polar surface area (TPSA) is 105 Å². The van der Waals surface area contributed by atoms with Crippen LogP contribution in [-0.4, -0.2) is 28.5 Å². The number of carbonyl (C=O) groups is 2. The van der Waals surface area contributed by atoms with E-state index in [0.717, 1.165) is 19.4 Å². The number of nitrogens with two attached hydrogens (primary N) is 1. The third-order valence-corrected chi connectivity index (χ3v) is 2.36. The van der Waals surface area contributed by atoms with Crippen LogP contribution in [0.25, 0.3) is 0 Å². The summed E-state index contributed by atoms with van der Waals surface area (Å²) < 4.78 is 0. The molecule has 0 spiro atoms. The smallest absolute Gasteiger partial charge is 0.354 e. The minimum atomic E-state index is -1.03. The van der Waals surface area contributed by atoms with Gasteiger partial charge < -0.3 is 16.2 Å². The third-order valence-electron chi connectivity index (χ3n) is 2.36. The van der Waals surface area contributed by atoms with Gasteiger partial charge in [0.25, 0.3) is 0 Å². The van der Waals surface area contributed by atoms with Gasteiger partial charge in [-0.15, -0.1) is 0 Å². The van der Waals surface area contributed by atoms with Crippen molar-refractivity contribution in [1.82, 2.24) is 10.3 Å². The van der Waals surface area contributed by atoms with Crippen LogP contribution in [0.5, 0.6) is 0 Å². The predicted octanol–water partition coefficient (Wildman–Crippen LogP) is 0.525. The van der Waals surface area contributed by atoms with Crippen LogP contribution in [0.2, 0.25) is 0 Å². The van der Waals surface area contributed by atoms with Crippen LogP contribution in [0.4, 0.5) is 0 Å². The SMILES string of the molecule is NC(=O)CCCCNCc1cccc(C(=O)O)n1. The van der Waals surface area contributed by atoms with Crippen LogP contribution < -0.4 is 11.1 Å². The van der Waals surface area contributed by atoms with E-state index in [1.54, 1.807) is 12.1 Å². The summed E-state index contributed by atoms with van der Waals surface area (Å²) in [5.74, 6) is -1.32. The first-order chi connectivity index (χ1) is 8.59. The minimum Gasteiger partial charge on any atom is -0.477 e. The van der Waals surface area contributed by atoms with E-state index in [4.69, 9.17) is 10.8 Å². The molecule has 98 valence electrons. The Labute approximate surface area is 105 Å². The van der Waals surface area contributed by atoms with Gasteiger partial charge in [0.2, 0.25) is 5.91 Å². The Morgan fingerprint density at radius 3 is 2.78 bits per heavy atom. The van der Waals surface area contributed by atoms with Crippen molar-refractivity contribution in [3.05, 3.63) is 29.6 Å². The van der Waals surface area contributed by atoms with Crippen LogP contribution in [0.3, 0.4) is 0 Å². The van der Waals surface area contributed by atoms with E-state index < -0.39 is 5.97 Å². The average Bonchev–Trinajstić information content (AvgIpc) is 2.33. The number of aromatic nitrogens is 1. The normalized spacial score (nSPS) is 10.2. The molecule has 1 heterocycles. The molecule has 0 unspecified atom stereocenters. The number of primary amides is 1. The molecule has 4 N–H and O–H groups in total. The van der Waals surface area contributed by atoms with Crippen molar-refractivity contribution in [1.29, 1.82) is 0 Å². The number of nitrogens with one attached hydrogen (secondary N) is 1. The standard InChI is InChI=1S/C12H17N3O3/c13-11(16)6-1-2-7-14-8-9-4-3-5-10(15-9)12(17)18/h3-5,14H,1-2,6-8H2,(H2,13,16)(H,17,18). The fourth-order valence-corrected chi connectivity index (χ4v) is 1.46. The molecule has 0 fully saturated rings. The summed E-state index contributed by atoms with van der Waals surface area (Å²) in [5.41, 5.74) is 5.75. The number of hydrogen-bond acceptors (Lipinski definition) is 4. The summed E-state index contributed by atoms with van der Waals surface area (Å²) in [7, 11) is 0. The summed E-state index contributed by atoms with van der Waals surface area (Å²) in [6.07, 6.45) is 2.00. The Balaban J connectivity index is 2.25. The molecule has 6 nitrogen and oxygen atoms in total. The van der Waals surface area contributed by atoms with Crippen LogP contribution >= 0.6 is 0 Å². The second kappa shape index (κ2) is 7.39. The number of pyridine rings is 1. The van der Waals surface area contributed by atoms with Crippen molar-refractivity contribution in [2.24, 2.45) is 5.73 Å². The molecule has 0 saturated carbocycles. The molecule has 0 aliphatic carbocycles. The quantitative estimate of drug-likeness (QED) is 0.584. The lowest BCUT2D eigenvalue weighted by Crippen LogP contribution is -2.17. The zero-order valence-corrected chi connectivity index (χ0v) is 10.1. The van der Waals surface area contributed by atoms with Gasteiger partial charge in [0, 0.05) is 13.0 Å². The molecule has 18 heavy (non-hydrogen) atoms. The monoisotopic (exact) mass is 251 g/mol. The molecule has 1 amide bonds. The van der Waals surface area contributed by atoms with Crippen LogP contribution in [-0.2, 0) is 11.3 Å². The van der Waals surface area contributed by atoms with Gasteiger partial charge in [-0.2, -0.15) is 0 Å². The maximum Gasteiger partial charge on any atom is 0.354 e. The van der Waals surface area contributed by atoms with Crippen molar-refractivity contribution in [3.63, 3.8) is 0 Å². The Morgan fingerprint density at radius 2 is 2.11 bits per heavy atom. The molecule has 1 aromatic rings. The van der Waals surface area contributed by atoms with Gasteiger partial charge in [0.1, 0.15) is 5.69 Å². The lowest BCUT2D eigenvalue weighted by molar-refractivity contribution is -0.118. The largest absolute Gasteiger partial charge is 0.477 e. The first kappa shape index (κ1) is 14.1. The van der Waals surface area contributed by atoms with E-state index in [9.17, 15) is 9.59 Å². The number of carboxylic acid groups (broad SMARTS) is 1. The van der Waals surface area contributed by atoms with Gasteiger partial charge >= 0.3 is 5.97 Å². The molecule has 0 atom stereocenters. The molecule has 0 aliphatic heterocycles. The van der Waals surface area contributed by atoms with Crippen molar-refractivity contribution < 1.29 is 14.7 Å². The molecule has 0 aromatic carbocycles. The van der Waals surface area contributed by atoms with E-state index in [2.05, 4.69) is 10.3 Å². The summed E-state index contributed by atoms with van der Waals surface area (Å²) in [6.45, 7) is 1.25. The van der Waals surface area contributed by atoms with E-state index in [1.165, 1.54) is 6.07 Å². The van der Waals surface area contributed by atoms with Crippen molar-refractivity contribution in [3.8, 4) is 0 Å². The van der Waals surface area contributed by atoms with Crippen molar-refractivity contribution in [2.45, 2.75) is 25.8 Å². The van der Waals surface area contributed by atoms with Gasteiger partial charge in [-0.3, -0.25) is 4.79 Å². The van der Waals surface area contributed by atoms with Gasteiger partial charge in [-0.05, 0) is 31.5 Å². The molecule has 6 heteroatoms. The first-order valence-corrected chi connectivity index (χ1v) is 5.78. The van der Waals surface area contributed by atoms with Gasteiger partial charge in [-0.25, -0.2) is 9.78 Å². The van der Waals surface area contributed by atoms with Crippen LogP contribution in [0.1, 0.15) is 35.4 Å². The second-order valence-electron chi connectivity index (χ2n) is 3.92. The number of unbranched alkanes of at least 4 members (excludes halogenated alkanes) is 1. The number of hydrogen-bond donors (Lipinski definition) is 3. The molecule has 1 aromatic heterocycles. The second-order valence-corrected chi connectivity index (χ2v) is 3.92. The van der Waals surface area contributed by atoms with Crippen molar-refractivity contribution in [2.75, 3.05) is 6.54 Å². The van der Waals surface area contributed by atoms with E-state index in [-0.39, 0.29) is 11.6 Å². The number of aromatic carboxylic acids is 1. The maximum atomic E-state index is 10.7. The van der Waals surface area contributed by atoms with Crippen LogP contribution in [0.15, 0.2) is 18.2 Å². The van der Waals surface area contributed by atoms with Gasteiger partial charge in [0.05, 0.1) is 5.69 Å². The summed E-state index contributed by atoms with van der Waals surface area (Å²) in [5, 5.41) is 11.9. The van der Waals surface area contributed by atoms with Gasteiger partial charge in [0.15, 0.2) is 0 Å². The molecular formula is C12H17N3O3. The Bertz CT molecular complexity index is 421. The zero-order valence-electron chi connectivity index (χ0n) is 10.1. The first-order valence-electron chi connectivity index (χ1n) is 5.78. The highest BCUT2D eigenvalue weighted by atomic mass is 16.4. The number of carboxylic acids is 1. The molecule has 0 aliphatic rings. The van der Waals surface area contributed by atoms with E-state index >= 15 is 0 Å². The fourth-order valence-electron chi connectivity index (χ4n) is 1.46. The van der Waals surface area contributed by atoms with E-state index in [1.807, 2.05) is 0 Å². The molecule has 0 radical (unpaired) electrons. The van der Waals surface area contributed by atoms with E-state index in [0.29, 0.717) is 18.7 Å². The lowest BCUT2D eigenvalue weighted by Gasteiger charge is -2.04. The highest BCUT2D eigenvalue weighted by Crippen LogP contribution is 2.00. The Morgan fingerprint density at radius 1 is 1.33 bits per heavy atom. The van der Waals surface area contributed by atoms with Gasteiger partial charge in [-0.1, -0.05) is 6.07 Å². The number of nitrogens with zero attached hydrogens (tertiary/aromatic N) is 1. The number of rotatable bonds is 8. The third kappa shape index (κ3) is 5.40. The minimum absolute atomic E-state index is 0.0445. The molecule has 1 rings (SSSR count). The summed E-state index contributed by atoms with van der Waals surface area (Å²) in [6, 6.07) is 4.89. The van der Waals surface area contributed by atoms with Crippen molar-refractivity contribution >= 4 is 11.9 Å². The summed E-state index contributed by atoms with van der Waals surface area (Å²) >= 11 is 0. The predicted molar refractivity (Wildman–Crippen MR) is 65.9 cm³/mol. The Kier molecular flexibility index (Phi) is 5.79. The number of carbonyl (C=O) groups excluding carboxylic acids is 1. The lowest BCUT2D eigenvalue weighted by atomic mass is 10.2. The zero-order chi connectivity index (χ0) is 13.4. The molecular weight excluding hydrogens is 234 g/mol. The average molecular weight is 251 g/mol.